The molecule has 9 nitrogen and oxygen atoms in total. The van der Waals surface area contributed by atoms with Crippen LogP contribution >= 0.6 is 0 Å². The highest BCUT2D eigenvalue weighted by molar-refractivity contribution is 5.97. The number of anilines is 2. The van der Waals surface area contributed by atoms with Gasteiger partial charge in [0, 0.05) is 67.9 Å². The monoisotopic (exact) mass is 609 g/mol. The molecule has 1 saturated carbocycles. The molecule has 1 aliphatic carbocycles. The lowest BCUT2D eigenvalue weighted by Gasteiger charge is -2.41. The smallest absolute Gasteiger partial charge is 0.318 e. The molecule has 3 aromatic rings. The van der Waals surface area contributed by atoms with Gasteiger partial charge in [-0.25, -0.2) is 11.0 Å². The number of alkyl halides is 1. The Morgan fingerprint density at radius 3 is 2.67 bits per heavy atom. The fraction of sp³-hybridized carbons (Fsp3) is 0.486. The van der Waals surface area contributed by atoms with Gasteiger partial charge >= 0.3 is 6.01 Å². The maximum atomic E-state index is 13.5. The van der Waals surface area contributed by atoms with Crippen LogP contribution in [-0.2, 0) is 17.8 Å². The van der Waals surface area contributed by atoms with Crippen LogP contribution in [0.2, 0.25) is 0 Å². The van der Waals surface area contributed by atoms with Gasteiger partial charge < -0.3 is 24.3 Å². The Balaban J connectivity index is 1.19. The van der Waals surface area contributed by atoms with Crippen LogP contribution in [0.15, 0.2) is 49.1 Å². The summed E-state index contributed by atoms with van der Waals surface area (Å²) in [5, 5.41) is 2.48. The Morgan fingerprint density at radius 2 is 1.93 bits per heavy atom. The zero-order chi connectivity index (χ0) is 31.1. The highest BCUT2D eigenvalue weighted by atomic mass is 19.1. The van der Waals surface area contributed by atoms with E-state index < -0.39 is 6.17 Å². The van der Waals surface area contributed by atoms with Gasteiger partial charge in [0.15, 0.2) is 0 Å². The minimum atomic E-state index is -0.712. The highest BCUT2D eigenvalue weighted by Crippen LogP contribution is 2.47. The second kappa shape index (κ2) is 11.9. The number of aromatic nitrogens is 2. The normalized spacial score (nSPS) is 21.2. The van der Waals surface area contributed by atoms with Gasteiger partial charge in [-0.2, -0.15) is 9.97 Å². The van der Waals surface area contributed by atoms with Crippen LogP contribution < -0.4 is 14.5 Å². The van der Waals surface area contributed by atoms with Crippen molar-refractivity contribution in [3.8, 4) is 6.01 Å². The van der Waals surface area contributed by atoms with Crippen LogP contribution in [-0.4, -0.2) is 96.9 Å². The molecule has 0 bridgehead atoms. The van der Waals surface area contributed by atoms with Crippen molar-refractivity contribution in [1.82, 2.24) is 19.8 Å². The summed E-state index contributed by atoms with van der Waals surface area (Å²) in [5.41, 5.74) is 4.53. The Morgan fingerprint density at radius 1 is 1.13 bits per heavy atom. The van der Waals surface area contributed by atoms with Crippen LogP contribution in [0, 0.1) is 18.9 Å². The lowest BCUT2D eigenvalue weighted by molar-refractivity contribution is -0.128. The number of fused-ring (bicyclic) bond motifs is 2. The molecule has 2 aromatic carbocycles. The summed E-state index contributed by atoms with van der Waals surface area (Å²) in [7, 11) is 0. The predicted octanol–water partition coefficient (Wildman–Crippen LogP) is 4.44. The number of rotatable bonds is 9. The molecular formula is C35H40FN7O2. The Labute approximate surface area is 264 Å². The van der Waals surface area contributed by atoms with Crippen LogP contribution in [0.25, 0.3) is 15.6 Å². The van der Waals surface area contributed by atoms with Crippen LogP contribution in [0.1, 0.15) is 29.7 Å². The zero-order valence-electron chi connectivity index (χ0n) is 25.9. The van der Waals surface area contributed by atoms with Crippen molar-refractivity contribution in [3.63, 3.8) is 0 Å². The van der Waals surface area contributed by atoms with E-state index in [2.05, 4.69) is 69.4 Å². The number of hydrogen-bond acceptors (Lipinski definition) is 7. The first kappa shape index (κ1) is 29.5. The van der Waals surface area contributed by atoms with Crippen LogP contribution in [0.3, 0.4) is 0 Å². The fourth-order valence-electron chi connectivity index (χ4n) is 7.26. The molecule has 10 heteroatoms. The summed E-state index contributed by atoms with van der Waals surface area (Å²) in [6.45, 7) is 19.0. The average Bonchev–Trinajstić information content (AvgIpc) is 3.81. The van der Waals surface area contributed by atoms with Gasteiger partial charge in [-0.15, -0.1) is 0 Å². The molecule has 7 rings (SSSR count). The molecule has 2 saturated heterocycles. The summed E-state index contributed by atoms with van der Waals surface area (Å²) < 4.78 is 19.9. The Kier molecular flexibility index (Phi) is 7.82. The minimum Gasteiger partial charge on any atom is -0.463 e. The molecule has 1 atom stereocenters. The molecular weight excluding hydrogens is 569 g/mol. The lowest BCUT2D eigenvalue weighted by Crippen LogP contribution is -2.56. The average molecular weight is 610 g/mol. The summed E-state index contributed by atoms with van der Waals surface area (Å²) in [4.78, 5) is 34.8. The molecule has 3 fully saturated rings. The number of benzene rings is 2. The van der Waals surface area contributed by atoms with Gasteiger partial charge in [0.1, 0.15) is 18.0 Å². The van der Waals surface area contributed by atoms with E-state index in [9.17, 15) is 9.18 Å². The second-order valence-corrected chi connectivity index (χ2v) is 13.1. The summed E-state index contributed by atoms with van der Waals surface area (Å²) in [6, 6.07) is 13.0. The third-order valence-electron chi connectivity index (χ3n) is 9.93. The number of aryl methyl sites for hydroxylation is 1. The number of amides is 1. The maximum Gasteiger partial charge on any atom is 0.318 e. The first-order valence-corrected chi connectivity index (χ1v) is 16.0. The molecule has 4 heterocycles. The Bertz CT molecular complexity index is 1660. The number of piperazine rings is 1. The standard InChI is InChI=1S/C35H40FN7O2/c1-4-31(44)43-16-15-42(20-27(43)17-37-3)33-28-11-14-41(30-10-6-9-25-8-5-7-24(2)32(25)30)21-29(28)38-34(39-33)45-23-35(12-13-35)22-40-18-26(36)19-40/h4-10,26-27H,1,11-23H2,2H3. The number of carbonyl (C=O) groups is 1. The van der Waals surface area contributed by atoms with Gasteiger partial charge in [0.2, 0.25) is 12.5 Å². The van der Waals surface area contributed by atoms with Crippen molar-refractivity contribution in [3.05, 3.63) is 77.3 Å². The topological polar surface area (TPSA) is 69.4 Å². The lowest BCUT2D eigenvalue weighted by atomic mass is 9.99. The molecule has 3 aliphatic heterocycles. The number of ether oxygens (including phenoxy) is 1. The first-order valence-electron chi connectivity index (χ1n) is 16.0. The quantitative estimate of drug-likeness (QED) is 0.263. The third kappa shape index (κ3) is 5.82. The van der Waals surface area contributed by atoms with E-state index in [1.165, 1.54) is 28.1 Å². The number of nitrogens with zero attached hydrogens (tertiary/aromatic N) is 7. The minimum absolute atomic E-state index is 0.0312. The third-order valence-corrected chi connectivity index (χ3v) is 9.93. The predicted molar refractivity (Wildman–Crippen MR) is 173 cm³/mol. The van der Waals surface area contributed by atoms with Crippen molar-refractivity contribution in [2.75, 3.05) is 68.8 Å². The molecule has 45 heavy (non-hydrogen) atoms. The number of halogens is 1. The Hall–Kier alpha value is -4.23. The second-order valence-electron chi connectivity index (χ2n) is 13.1. The molecule has 4 aliphatic rings. The van der Waals surface area contributed by atoms with Crippen LogP contribution in [0.5, 0.6) is 6.01 Å². The summed E-state index contributed by atoms with van der Waals surface area (Å²) in [5.74, 6) is 0.700. The van der Waals surface area contributed by atoms with E-state index >= 15 is 0 Å². The first-order chi connectivity index (χ1) is 21.9. The molecule has 0 spiro atoms. The van der Waals surface area contributed by atoms with E-state index in [1.807, 2.05) is 0 Å². The van der Waals surface area contributed by atoms with Gasteiger partial charge in [0.25, 0.3) is 0 Å². The van der Waals surface area contributed by atoms with Crippen molar-refractivity contribution < 1.29 is 13.9 Å². The summed E-state index contributed by atoms with van der Waals surface area (Å²) >= 11 is 0. The van der Waals surface area contributed by atoms with E-state index in [0.717, 1.165) is 49.4 Å². The van der Waals surface area contributed by atoms with Crippen molar-refractivity contribution in [1.29, 1.82) is 0 Å². The number of hydrogen-bond donors (Lipinski definition) is 0. The van der Waals surface area contributed by atoms with E-state index in [1.54, 1.807) is 4.90 Å². The molecule has 0 N–H and O–H groups in total. The van der Waals surface area contributed by atoms with Crippen molar-refractivity contribution in [2.24, 2.45) is 5.41 Å². The largest absolute Gasteiger partial charge is 0.463 e. The van der Waals surface area contributed by atoms with Gasteiger partial charge in [0.05, 0.1) is 18.8 Å². The summed E-state index contributed by atoms with van der Waals surface area (Å²) in [6.07, 6.45) is 3.51. The van der Waals surface area contributed by atoms with Crippen molar-refractivity contribution in [2.45, 2.75) is 44.9 Å². The molecule has 0 radical (unpaired) electrons. The number of likely N-dealkylation sites (tertiary alicyclic amines) is 1. The zero-order valence-corrected chi connectivity index (χ0v) is 25.9. The fourth-order valence-corrected chi connectivity index (χ4v) is 7.26. The number of carbonyl (C=O) groups excluding carboxylic acids is 1. The van der Waals surface area contributed by atoms with Gasteiger partial charge in [-0.1, -0.05) is 36.9 Å². The molecule has 1 unspecified atom stereocenters. The molecule has 234 valence electrons. The van der Waals surface area contributed by atoms with Gasteiger partial charge in [-0.05, 0) is 49.3 Å². The van der Waals surface area contributed by atoms with E-state index in [-0.39, 0.29) is 23.9 Å². The van der Waals surface area contributed by atoms with Crippen molar-refractivity contribution >= 4 is 28.2 Å². The maximum absolute atomic E-state index is 13.5. The van der Waals surface area contributed by atoms with Crippen LogP contribution in [0.4, 0.5) is 15.9 Å². The molecule has 1 aromatic heterocycles. The van der Waals surface area contributed by atoms with E-state index in [0.29, 0.717) is 51.9 Å². The van der Waals surface area contributed by atoms with Gasteiger partial charge in [-0.3, -0.25) is 9.69 Å². The van der Waals surface area contributed by atoms with E-state index in [4.69, 9.17) is 21.3 Å². The molecule has 1 amide bonds. The SMILES string of the molecule is [C-]#[N+]CC1CN(c2nc(OCC3(CN4CC(F)C4)CC3)nc3c2CCN(c2cccc4cccc(C)c24)C3)CCN1C(=O)C=C. The highest BCUT2D eigenvalue weighted by Gasteiger charge is 2.47.